The third-order valence-corrected chi connectivity index (χ3v) is 4.66. The van der Waals surface area contributed by atoms with E-state index in [0.29, 0.717) is 30.5 Å². The van der Waals surface area contributed by atoms with Gasteiger partial charge >= 0.3 is 5.97 Å². The number of hydrogen-bond acceptors (Lipinski definition) is 6. The van der Waals surface area contributed by atoms with Crippen molar-refractivity contribution in [3.8, 4) is 0 Å². The Kier molecular flexibility index (Phi) is 5.13. The molecule has 0 bridgehead atoms. The maximum Gasteiger partial charge on any atom is 0.317 e. The van der Waals surface area contributed by atoms with Gasteiger partial charge in [-0.15, -0.1) is 0 Å². The average molecular weight is 336 g/mol. The van der Waals surface area contributed by atoms with Gasteiger partial charge in [0, 0.05) is 31.5 Å². The Morgan fingerprint density at radius 1 is 1.38 bits per heavy atom. The molecule has 1 aromatic heterocycles. The highest BCUT2D eigenvalue weighted by Crippen LogP contribution is 2.33. The van der Waals surface area contributed by atoms with Gasteiger partial charge in [0.15, 0.2) is 5.82 Å². The summed E-state index contributed by atoms with van der Waals surface area (Å²) in [7, 11) is 0. The zero-order valence-electron chi connectivity index (χ0n) is 13.9. The van der Waals surface area contributed by atoms with Crippen molar-refractivity contribution in [3.05, 3.63) is 11.7 Å². The maximum atomic E-state index is 12.0. The molecule has 2 aliphatic carbocycles. The summed E-state index contributed by atoms with van der Waals surface area (Å²) in [5.41, 5.74) is 0. The molecule has 8 nitrogen and oxygen atoms in total. The highest BCUT2D eigenvalue weighted by atomic mass is 16.5. The average Bonchev–Trinajstić information content (AvgIpc) is 3.19. The minimum atomic E-state index is -0.780. The van der Waals surface area contributed by atoms with E-state index >= 15 is 0 Å². The van der Waals surface area contributed by atoms with Crippen molar-refractivity contribution >= 4 is 11.9 Å². The molecule has 2 aliphatic rings. The van der Waals surface area contributed by atoms with E-state index in [9.17, 15) is 9.59 Å². The van der Waals surface area contributed by atoms with Crippen molar-refractivity contribution < 1.29 is 19.2 Å². The molecule has 2 fully saturated rings. The highest BCUT2D eigenvalue weighted by molar-refractivity contribution is 5.76. The number of carboxylic acid groups (broad SMARTS) is 1. The van der Waals surface area contributed by atoms with Crippen LogP contribution < -0.4 is 5.32 Å². The van der Waals surface area contributed by atoms with Crippen LogP contribution in [0.15, 0.2) is 4.52 Å². The van der Waals surface area contributed by atoms with Crippen molar-refractivity contribution in [2.45, 2.75) is 57.5 Å². The van der Waals surface area contributed by atoms with Crippen LogP contribution in [-0.2, 0) is 16.0 Å². The fourth-order valence-corrected chi connectivity index (χ4v) is 3.11. The molecule has 0 saturated heterocycles. The second-order valence-corrected chi connectivity index (χ2v) is 6.89. The molecule has 0 aromatic carbocycles. The second kappa shape index (κ2) is 7.29. The van der Waals surface area contributed by atoms with Crippen LogP contribution in [0.4, 0.5) is 0 Å². The third-order valence-electron chi connectivity index (χ3n) is 4.66. The molecular weight excluding hydrogens is 312 g/mol. The fourth-order valence-electron chi connectivity index (χ4n) is 3.11. The van der Waals surface area contributed by atoms with E-state index in [4.69, 9.17) is 9.63 Å². The molecular formula is C16H24N4O4. The summed E-state index contributed by atoms with van der Waals surface area (Å²) in [6.07, 6.45) is 4.83. The highest BCUT2D eigenvalue weighted by Gasteiger charge is 2.37. The lowest BCUT2D eigenvalue weighted by Gasteiger charge is -2.42. The van der Waals surface area contributed by atoms with Gasteiger partial charge < -0.3 is 14.9 Å². The number of aliphatic carboxylic acids is 1. The standard InChI is InChI=1S/C16H24N4O4/c1-10-17-15(24-19-10)5-4-14(21)18-12-6-13(7-12)20(9-16(22)23)8-11-2-3-11/h11-13H,2-9H2,1H3,(H,18,21)(H,22,23). The smallest absolute Gasteiger partial charge is 0.317 e. The van der Waals surface area contributed by atoms with Crippen molar-refractivity contribution in [2.75, 3.05) is 13.1 Å². The van der Waals surface area contributed by atoms with Gasteiger partial charge in [-0.05, 0) is 38.5 Å². The maximum absolute atomic E-state index is 12.0. The van der Waals surface area contributed by atoms with Gasteiger partial charge in [-0.2, -0.15) is 4.98 Å². The minimum Gasteiger partial charge on any atom is -0.480 e. The van der Waals surface area contributed by atoms with E-state index < -0.39 is 5.97 Å². The van der Waals surface area contributed by atoms with E-state index in [0.717, 1.165) is 19.4 Å². The number of carboxylic acids is 1. The summed E-state index contributed by atoms with van der Waals surface area (Å²) in [5.74, 6) is 0.905. The van der Waals surface area contributed by atoms with Crippen LogP contribution in [0.25, 0.3) is 0 Å². The molecule has 132 valence electrons. The molecule has 24 heavy (non-hydrogen) atoms. The summed E-state index contributed by atoms with van der Waals surface area (Å²) in [5, 5.41) is 15.7. The number of hydrogen-bond donors (Lipinski definition) is 2. The largest absolute Gasteiger partial charge is 0.480 e. The Morgan fingerprint density at radius 2 is 2.12 bits per heavy atom. The summed E-state index contributed by atoms with van der Waals surface area (Å²) in [6.45, 7) is 2.71. The monoisotopic (exact) mass is 336 g/mol. The first-order valence-corrected chi connectivity index (χ1v) is 8.54. The van der Waals surface area contributed by atoms with Gasteiger partial charge in [0.05, 0.1) is 6.54 Å². The summed E-state index contributed by atoms with van der Waals surface area (Å²) >= 11 is 0. The Morgan fingerprint density at radius 3 is 2.71 bits per heavy atom. The molecule has 2 N–H and O–H groups in total. The lowest BCUT2D eigenvalue weighted by molar-refractivity contribution is -0.140. The topological polar surface area (TPSA) is 109 Å². The molecule has 1 aromatic rings. The first kappa shape index (κ1) is 16.9. The SMILES string of the molecule is Cc1noc(CCC(=O)NC2CC(N(CC(=O)O)CC3CC3)C2)n1. The predicted molar refractivity (Wildman–Crippen MR) is 84.2 cm³/mol. The molecule has 1 heterocycles. The number of amides is 1. The normalized spacial score (nSPS) is 23.1. The molecule has 0 spiro atoms. The van der Waals surface area contributed by atoms with Crippen LogP contribution in [0, 0.1) is 12.8 Å². The number of nitrogens with one attached hydrogen (secondary N) is 1. The molecule has 1 amide bonds. The van der Waals surface area contributed by atoms with Gasteiger partial charge in [0.25, 0.3) is 0 Å². The number of carbonyl (C=O) groups is 2. The zero-order chi connectivity index (χ0) is 17.1. The van der Waals surface area contributed by atoms with Crippen LogP contribution in [0.2, 0.25) is 0 Å². The van der Waals surface area contributed by atoms with E-state index in [1.807, 2.05) is 0 Å². The lowest BCUT2D eigenvalue weighted by Crippen LogP contribution is -2.55. The van der Waals surface area contributed by atoms with Crippen LogP contribution in [-0.4, -0.2) is 57.2 Å². The van der Waals surface area contributed by atoms with Crippen LogP contribution in [0.5, 0.6) is 0 Å². The van der Waals surface area contributed by atoms with Gasteiger partial charge in [-0.1, -0.05) is 5.16 Å². The van der Waals surface area contributed by atoms with Crippen LogP contribution >= 0.6 is 0 Å². The van der Waals surface area contributed by atoms with Crippen molar-refractivity contribution in [2.24, 2.45) is 5.92 Å². The van der Waals surface area contributed by atoms with Gasteiger partial charge in [0.2, 0.25) is 11.8 Å². The lowest BCUT2D eigenvalue weighted by atomic mass is 9.85. The molecule has 2 saturated carbocycles. The molecule has 3 rings (SSSR count). The van der Waals surface area contributed by atoms with E-state index in [1.54, 1.807) is 6.92 Å². The van der Waals surface area contributed by atoms with Crippen molar-refractivity contribution in [1.82, 2.24) is 20.4 Å². The van der Waals surface area contributed by atoms with Gasteiger partial charge in [-0.3, -0.25) is 14.5 Å². The minimum absolute atomic E-state index is 0.0266. The quantitative estimate of drug-likeness (QED) is 0.685. The fraction of sp³-hybridized carbons (Fsp3) is 0.750. The molecule has 8 heteroatoms. The molecule has 0 radical (unpaired) electrons. The van der Waals surface area contributed by atoms with Crippen LogP contribution in [0.3, 0.4) is 0 Å². The van der Waals surface area contributed by atoms with E-state index in [2.05, 4.69) is 20.4 Å². The Hall–Kier alpha value is -1.96. The van der Waals surface area contributed by atoms with Gasteiger partial charge in [0.1, 0.15) is 0 Å². The van der Waals surface area contributed by atoms with Crippen LogP contribution in [0.1, 0.15) is 43.8 Å². The van der Waals surface area contributed by atoms with E-state index in [1.165, 1.54) is 12.8 Å². The number of aromatic nitrogens is 2. The Labute approximate surface area is 140 Å². The Balaban J connectivity index is 1.37. The Bertz CT molecular complexity index is 593. The van der Waals surface area contributed by atoms with E-state index in [-0.39, 0.29) is 24.5 Å². The summed E-state index contributed by atoms with van der Waals surface area (Å²) in [6, 6.07) is 0.410. The number of nitrogens with zero attached hydrogens (tertiary/aromatic N) is 3. The summed E-state index contributed by atoms with van der Waals surface area (Å²) < 4.78 is 4.98. The van der Waals surface area contributed by atoms with Crippen molar-refractivity contribution in [3.63, 3.8) is 0 Å². The predicted octanol–water partition coefficient (Wildman–Crippen LogP) is 0.754. The van der Waals surface area contributed by atoms with Gasteiger partial charge in [-0.25, -0.2) is 0 Å². The molecule has 0 aliphatic heterocycles. The van der Waals surface area contributed by atoms with Crippen molar-refractivity contribution in [1.29, 1.82) is 0 Å². The number of rotatable bonds is 9. The first-order valence-electron chi connectivity index (χ1n) is 8.54. The molecule has 0 unspecified atom stereocenters. The first-order chi connectivity index (χ1) is 11.5. The second-order valence-electron chi connectivity index (χ2n) is 6.89. The molecule has 0 atom stereocenters. The summed E-state index contributed by atoms with van der Waals surface area (Å²) in [4.78, 5) is 29.1. The third kappa shape index (κ3) is 4.77. The number of carbonyl (C=O) groups excluding carboxylic acids is 1. The zero-order valence-corrected chi connectivity index (χ0v) is 13.9. The number of aryl methyl sites for hydroxylation is 2.